The Morgan fingerprint density at radius 1 is 1.39 bits per heavy atom. The zero-order valence-corrected chi connectivity index (χ0v) is 11.2. The Bertz CT molecular complexity index is 486. The summed E-state index contributed by atoms with van der Waals surface area (Å²) in [7, 11) is 0. The van der Waals surface area contributed by atoms with E-state index < -0.39 is 11.4 Å². The van der Waals surface area contributed by atoms with Crippen molar-refractivity contribution < 1.29 is 14.3 Å². The number of hydrogen-bond acceptors (Lipinski definition) is 3. The highest BCUT2D eigenvalue weighted by molar-refractivity contribution is 9.10. The SMILES string of the molecule is NC(=O)CC1(NC(=O)c2ccccc2Br)COC1. The van der Waals surface area contributed by atoms with E-state index in [4.69, 9.17) is 10.5 Å². The van der Waals surface area contributed by atoms with E-state index >= 15 is 0 Å². The summed E-state index contributed by atoms with van der Waals surface area (Å²) >= 11 is 3.31. The van der Waals surface area contributed by atoms with Crippen molar-refractivity contribution >= 4 is 27.7 Å². The normalized spacial score (nSPS) is 16.7. The van der Waals surface area contributed by atoms with Gasteiger partial charge in [0, 0.05) is 4.47 Å². The van der Waals surface area contributed by atoms with Gasteiger partial charge in [-0.15, -0.1) is 0 Å². The van der Waals surface area contributed by atoms with Crippen LogP contribution in [0, 0.1) is 0 Å². The summed E-state index contributed by atoms with van der Waals surface area (Å²) in [6.07, 6.45) is 0.0865. The van der Waals surface area contributed by atoms with Gasteiger partial charge in [-0.1, -0.05) is 12.1 Å². The molecule has 1 aliphatic heterocycles. The van der Waals surface area contributed by atoms with Gasteiger partial charge in [-0.3, -0.25) is 9.59 Å². The van der Waals surface area contributed by atoms with E-state index in [0.717, 1.165) is 0 Å². The van der Waals surface area contributed by atoms with Gasteiger partial charge in [0.05, 0.1) is 30.7 Å². The van der Waals surface area contributed by atoms with E-state index in [-0.39, 0.29) is 12.3 Å². The van der Waals surface area contributed by atoms with Crippen LogP contribution in [0.3, 0.4) is 0 Å². The third kappa shape index (κ3) is 2.70. The van der Waals surface area contributed by atoms with Crippen molar-refractivity contribution in [3.05, 3.63) is 34.3 Å². The van der Waals surface area contributed by atoms with Crippen molar-refractivity contribution in [2.75, 3.05) is 13.2 Å². The van der Waals surface area contributed by atoms with Gasteiger partial charge >= 0.3 is 0 Å². The van der Waals surface area contributed by atoms with Crippen LogP contribution >= 0.6 is 15.9 Å². The molecule has 6 heteroatoms. The summed E-state index contributed by atoms with van der Waals surface area (Å²) in [5.74, 6) is -0.697. The van der Waals surface area contributed by atoms with Crippen molar-refractivity contribution in [2.24, 2.45) is 5.73 Å². The molecule has 0 aromatic heterocycles. The van der Waals surface area contributed by atoms with Crippen LogP contribution in [-0.4, -0.2) is 30.6 Å². The molecular formula is C12H13BrN2O3. The molecule has 1 aromatic carbocycles. The topological polar surface area (TPSA) is 81.4 Å². The van der Waals surface area contributed by atoms with Crippen LogP contribution in [0.1, 0.15) is 16.8 Å². The Morgan fingerprint density at radius 2 is 2.06 bits per heavy atom. The fourth-order valence-electron chi connectivity index (χ4n) is 1.85. The second kappa shape index (κ2) is 5.07. The Morgan fingerprint density at radius 3 is 2.56 bits per heavy atom. The number of primary amides is 1. The molecule has 2 amide bonds. The zero-order chi connectivity index (χ0) is 13.2. The average Bonchev–Trinajstić information content (AvgIpc) is 2.25. The number of carbonyl (C=O) groups excluding carboxylic acids is 2. The molecule has 0 spiro atoms. The predicted octanol–water partition coefficient (Wildman–Crippen LogP) is 0.823. The molecular weight excluding hydrogens is 300 g/mol. The third-order valence-electron chi connectivity index (χ3n) is 2.77. The number of amides is 2. The lowest BCUT2D eigenvalue weighted by Crippen LogP contribution is -2.63. The molecule has 0 bridgehead atoms. The summed E-state index contributed by atoms with van der Waals surface area (Å²) in [6, 6.07) is 7.09. The van der Waals surface area contributed by atoms with Crippen LogP contribution in [0.4, 0.5) is 0 Å². The number of halogens is 1. The van der Waals surface area contributed by atoms with Crippen molar-refractivity contribution in [3.8, 4) is 0 Å². The minimum Gasteiger partial charge on any atom is -0.376 e. The first-order valence-corrected chi connectivity index (χ1v) is 6.25. The molecule has 3 N–H and O–H groups in total. The number of hydrogen-bond donors (Lipinski definition) is 2. The number of rotatable bonds is 4. The van der Waals surface area contributed by atoms with Crippen LogP contribution in [0.5, 0.6) is 0 Å². The fourth-order valence-corrected chi connectivity index (χ4v) is 2.32. The van der Waals surface area contributed by atoms with Crippen molar-refractivity contribution in [3.63, 3.8) is 0 Å². The molecule has 1 aliphatic rings. The highest BCUT2D eigenvalue weighted by atomic mass is 79.9. The maximum Gasteiger partial charge on any atom is 0.253 e. The molecule has 18 heavy (non-hydrogen) atoms. The number of nitrogens with one attached hydrogen (secondary N) is 1. The first kappa shape index (κ1) is 13.0. The second-order valence-corrected chi connectivity index (χ2v) is 5.20. The van der Waals surface area contributed by atoms with Gasteiger partial charge in [0.15, 0.2) is 0 Å². The Balaban J connectivity index is 2.11. The maximum atomic E-state index is 12.1. The molecule has 1 saturated heterocycles. The molecule has 0 unspecified atom stereocenters. The molecule has 5 nitrogen and oxygen atoms in total. The third-order valence-corrected chi connectivity index (χ3v) is 3.46. The molecule has 2 rings (SSSR count). The van der Waals surface area contributed by atoms with E-state index in [1.165, 1.54) is 0 Å². The van der Waals surface area contributed by atoms with Gasteiger partial charge in [0.1, 0.15) is 0 Å². The minimum absolute atomic E-state index is 0.0865. The van der Waals surface area contributed by atoms with E-state index in [1.807, 2.05) is 6.07 Å². The van der Waals surface area contributed by atoms with Crippen LogP contribution in [-0.2, 0) is 9.53 Å². The van der Waals surface area contributed by atoms with Gasteiger partial charge in [0.25, 0.3) is 5.91 Å². The van der Waals surface area contributed by atoms with Gasteiger partial charge in [-0.25, -0.2) is 0 Å². The predicted molar refractivity (Wildman–Crippen MR) is 69.0 cm³/mol. The molecule has 0 aliphatic carbocycles. The van der Waals surface area contributed by atoms with Crippen LogP contribution in [0.25, 0.3) is 0 Å². The quantitative estimate of drug-likeness (QED) is 0.863. The van der Waals surface area contributed by atoms with E-state index in [9.17, 15) is 9.59 Å². The smallest absolute Gasteiger partial charge is 0.253 e. The average molecular weight is 313 g/mol. The first-order valence-electron chi connectivity index (χ1n) is 5.45. The van der Waals surface area contributed by atoms with E-state index in [1.54, 1.807) is 18.2 Å². The lowest BCUT2D eigenvalue weighted by atomic mass is 9.92. The lowest BCUT2D eigenvalue weighted by Gasteiger charge is -2.41. The molecule has 0 saturated carbocycles. The Kier molecular flexibility index (Phi) is 3.68. The zero-order valence-electron chi connectivity index (χ0n) is 9.61. The van der Waals surface area contributed by atoms with E-state index in [0.29, 0.717) is 23.2 Å². The van der Waals surface area contributed by atoms with Crippen molar-refractivity contribution in [1.82, 2.24) is 5.32 Å². The van der Waals surface area contributed by atoms with Gasteiger partial charge < -0.3 is 15.8 Å². The number of benzene rings is 1. The van der Waals surface area contributed by atoms with Gasteiger partial charge in [-0.05, 0) is 28.1 Å². The molecule has 1 fully saturated rings. The van der Waals surface area contributed by atoms with Gasteiger partial charge in [0.2, 0.25) is 5.91 Å². The van der Waals surface area contributed by atoms with Crippen LogP contribution < -0.4 is 11.1 Å². The number of ether oxygens (including phenoxy) is 1. The molecule has 1 heterocycles. The Labute approximate surface area is 113 Å². The summed E-state index contributed by atoms with van der Waals surface area (Å²) in [5.41, 5.74) is 5.04. The van der Waals surface area contributed by atoms with Gasteiger partial charge in [-0.2, -0.15) is 0 Å². The minimum atomic E-state index is -0.655. The van der Waals surface area contributed by atoms with Crippen LogP contribution in [0.15, 0.2) is 28.7 Å². The summed E-state index contributed by atoms with van der Waals surface area (Å²) in [5, 5.41) is 2.82. The number of carbonyl (C=O) groups is 2. The first-order chi connectivity index (χ1) is 8.52. The molecule has 0 atom stereocenters. The second-order valence-electron chi connectivity index (χ2n) is 4.35. The fraction of sp³-hybridized carbons (Fsp3) is 0.333. The molecule has 96 valence electrons. The highest BCUT2D eigenvalue weighted by Crippen LogP contribution is 2.23. The summed E-state index contributed by atoms with van der Waals surface area (Å²) in [4.78, 5) is 23.1. The van der Waals surface area contributed by atoms with Crippen molar-refractivity contribution in [2.45, 2.75) is 12.0 Å². The molecule has 0 radical (unpaired) electrons. The molecule has 1 aromatic rings. The summed E-state index contributed by atoms with van der Waals surface area (Å²) in [6.45, 7) is 0.623. The van der Waals surface area contributed by atoms with Crippen molar-refractivity contribution in [1.29, 1.82) is 0 Å². The highest BCUT2D eigenvalue weighted by Gasteiger charge is 2.41. The lowest BCUT2D eigenvalue weighted by molar-refractivity contribution is -0.127. The standard InChI is InChI=1S/C12H13BrN2O3/c13-9-4-2-1-3-8(9)11(17)15-12(5-10(14)16)6-18-7-12/h1-4H,5-7H2,(H2,14,16)(H,15,17). The van der Waals surface area contributed by atoms with E-state index in [2.05, 4.69) is 21.2 Å². The largest absolute Gasteiger partial charge is 0.376 e. The maximum absolute atomic E-state index is 12.1. The number of nitrogens with two attached hydrogens (primary N) is 1. The Hall–Kier alpha value is -1.40. The van der Waals surface area contributed by atoms with Crippen LogP contribution in [0.2, 0.25) is 0 Å². The monoisotopic (exact) mass is 312 g/mol. The summed E-state index contributed by atoms with van der Waals surface area (Å²) < 4.78 is 5.78.